The zero-order valence-corrected chi connectivity index (χ0v) is 18.0. The highest BCUT2D eigenvalue weighted by Crippen LogP contribution is 2.47. The van der Waals surface area contributed by atoms with Crippen LogP contribution >= 0.6 is 0 Å². The Hall–Kier alpha value is -1.38. The van der Waals surface area contributed by atoms with Crippen LogP contribution in [0.5, 0.6) is 0 Å². The fourth-order valence-electron chi connectivity index (χ4n) is 4.80. The second-order valence-electron chi connectivity index (χ2n) is 8.87. The van der Waals surface area contributed by atoms with Gasteiger partial charge in [0.05, 0.1) is 0 Å². The summed E-state index contributed by atoms with van der Waals surface area (Å²) >= 11 is 0. The second-order valence-corrected chi connectivity index (χ2v) is 8.87. The maximum atomic E-state index is 6.07. The van der Waals surface area contributed by atoms with Crippen molar-refractivity contribution in [3.63, 3.8) is 0 Å². The summed E-state index contributed by atoms with van der Waals surface area (Å²) in [5, 5.41) is 0. The minimum atomic E-state index is 0.215. The van der Waals surface area contributed by atoms with Gasteiger partial charge in [-0.25, -0.2) is 0 Å². The first-order chi connectivity index (χ1) is 12.9. The molecule has 0 bridgehead atoms. The van der Waals surface area contributed by atoms with Gasteiger partial charge in [-0.3, -0.25) is 0 Å². The van der Waals surface area contributed by atoms with Gasteiger partial charge in [0.15, 0.2) is 0 Å². The largest absolute Gasteiger partial charge is 0.327 e. The molecule has 2 atom stereocenters. The molecule has 2 N–H and O–H groups in total. The quantitative estimate of drug-likeness (QED) is 0.560. The van der Waals surface area contributed by atoms with E-state index in [9.17, 15) is 0 Å². The molecule has 1 fully saturated rings. The van der Waals surface area contributed by atoms with Crippen LogP contribution < -0.4 is 5.73 Å². The van der Waals surface area contributed by atoms with E-state index in [-0.39, 0.29) is 6.04 Å². The maximum absolute atomic E-state index is 6.07. The molecular formula is C25H40N2. The number of aryl methyl sites for hydroxylation is 1. The van der Waals surface area contributed by atoms with E-state index in [2.05, 4.69) is 63.6 Å². The first kappa shape index (κ1) is 21.9. The average Bonchev–Trinajstić information content (AvgIpc) is 2.64. The second kappa shape index (κ2) is 10.2. The van der Waals surface area contributed by atoms with Crippen molar-refractivity contribution in [1.82, 2.24) is 4.90 Å². The van der Waals surface area contributed by atoms with E-state index in [1.165, 1.54) is 48.8 Å². The van der Waals surface area contributed by atoms with Crippen molar-refractivity contribution < 1.29 is 0 Å². The third-order valence-electron chi connectivity index (χ3n) is 6.29. The lowest BCUT2D eigenvalue weighted by molar-refractivity contribution is 0.134. The van der Waals surface area contributed by atoms with Gasteiger partial charge in [-0.1, -0.05) is 76.1 Å². The van der Waals surface area contributed by atoms with Gasteiger partial charge in [0.1, 0.15) is 0 Å². The van der Waals surface area contributed by atoms with Crippen LogP contribution in [0.1, 0.15) is 75.5 Å². The Labute approximate surface area is 167 Å². The average molecular weight is 369 g/mol. The number of allylic oxidation sites excluding steroid dienone is 2. The lowest BCUT2D eigenvalue weighted by atomic mass is 9.64. The van der Waals surface area contributed by atoms with Crippen LogP contribution in [0.25, 0.3) is 6.08 Å². The highest BCUT2D eigenvalue weighted by Gasteiger charge is 2.37. The molecule has 0 spiro atoms. The van der Waals surface area contributed by atoms with E-state index in [0.717, 1.165) is 19.5 Å². The number of likely N-dealkylation sites (N-methyl/N-ethyl adjacent to an activating group) is 1. The molecule has 2 nitrogen and oxygen atoms in total. The zero-order valence-electron chi connectivity index (χ0n) is 18.0. The van der Waals surface area contributed by atoms with Crippen molar-refractivity contribution in [2.24, 2.45) is 11.1 Å². The summed E-state index contributed by atoms with van der Waals surface area (Å²) in [4.78, 5) is 2.44. The van der Waals surface area contributed by atoms with Gasteiger partial charge in [-0.15, -0.1) is 0 Å². The SMILES string of the molecule is C=C/C=C\c1ccc(C(CN(C)CC(C)N)C2(C)CCCCC2)cc1CC. The van der Waals surface area contributed by atoms with Gasteiger partial charge in [0.2, 0.25) is 0 Å². The van der Waals surface area contributed by atoms with Crippen LogP contribution in [-0.4, -0.2) is 31.1 Å². The van der Waals surface area contributed by atoms with Crippen LogP contribution in [0.2, 0.25) is 0 Å². The summed E-state index contributed by atoms with van der Waals surface area (Å²) in [6.07, 6.45) is 13.9. The number of hydrogen-bond donors (Lipinski definition) is 1. The Morgan fingerprint density at radius 3 is 2.52 bits per heavy atom. The van der Waals surface area contributed by atoms with E-state index in [1.807, 2.05) is 12.2 Å². The lowest BCUT2D eigenvalue weighted by Crippen LogP contribution is -2.40. The molecule has 0 aromatic heterocycles. The molecule has 0 aliphatic heterocycles. The van der Waals surface area contributed by atoms with E-state index in [1.54, 1.807) is 0 Å². The van der Waals surface area contributed by atoms with Crippen LogP contribution in [0.15, 0.2) is 36.9 Å². The van der Waals surface area contributed by atoms with E-state index in [0.29, 0.717) is 11.3 Å². The minimum absolute atomic E-state index is 0.215. The number of rotatable bonds is 9. The number of benzene rings is 1. The van der Waals surface area contributed by atoms with Crippen molar-refractivity contribution in [2.75, 3.05) is 20.1 Å². The van der Waals surface area contributed by atoms with Gasteiger partial charge in [0.25, 0.3) is 0 Å². The topological polar surface area (TPSA) is 29.3 Å². The standard InChI is InChI=1S/C25H40N2/c1-6-8-12-22-13-14-23(17-21(22)7-2)24(19-27(5)18-20(3)26)25(4)15-10-9-11-16-25/h6,8,12-14,17,20,24H,1,7,9-11,15-16,18-19,26H2,2-5H3/b12-8-. The van der Waals surface area contributed by atoms with E-state index in [4.69, 9.17) is 5.73 Å². The van der Waals surface area contributed by atoms with Gasteiger partial charge in [-0.05, 0) is 55.3 Å². The molecule has 0 heterocycles. The summed E-state index contributed by atoms with van der Waals surface area (Å²) in [5.74, 6) is 0.560. The fraction of sp³-hybridized carbons (Fsp3) is 0.600. The highest BCUT2D eigenvalue weighted by atomic mass is 15.1. The number of nitrogens with zero attached hydrogens (tertiary/aromatic N) is 1. The minimum Gasteiger partial charge on any atom is -0.327 e. The molecule has 27 heavy (non-hydrogen) atoms. The van der Waals surface area contributed by atoms with E-state index >= 15 is 0 Å². The maximum Gasteiger partial charge on any atom is 0.0139 e. The molecule has 1 saturated carbocycles. The molecule has 150 valence electrons. The molecule has 2 heteroatoms. The van der Waals surface area contributed by atoms with E-state index < -0.39 is 0 Å². The first-order valence-electron chi connectivity index (χ1n) is 10.8. The third-order valence-corrected chi connectivity index (χ3v) is 6.29. The Kier molecular flexibility index (Phi) is 8.31. The Morgan fingerprint density at radius 2 is 1.93 bits per heavy atom. The molecule has 2 rings (SSSR count). The predicted molar refractivity (Wildman–Crippen MR) is 120 cm³/mol. The van der Waals surface area contributed by atoms with Gasteiger partial charge in [-0.2, -0.15) is 0 Å². The predicted octanol–water partition coefficient (Wildman–Crippen LogP) is 5.78. The van der Waals surface area contributed by atoms with Crippen LogP contribution in [0.3, 0.4) is 0 Å². The zero-order chi connectivity index (χ0) is 19.9. The lowest BCUT2D eigenvalue weighted by Gasteiger charge is -2.43. The van der Waals surface area contributed by atoms with Crippen LogP contribution in [0, 0.1) is 5.41 Å². The smallest absolute Gasteiger partial charge is 0.0139 e. The molecule has 0 amide bonds. The van der Waals surface area contributed by atoms with Crippen molar-refractivity contribution in [3.05, 3.63) is 53.6 Å². The summed E-state index contributed by atoms with van der Waals surface area (Å²) in [6, 6.07) is 7.35. The Morgan fingerprint density at radius 1 is 1.22 bits per heavy atom. The molecule has 0 saturated heterocycles. The van der Waals surface area contributed by atoms with Gasteiger partial charge < -0.3 is 10.6 Å². The molecule has 1 aliphatic carbocycles. The number of nitrogens with two attached hydrogens (primary N) is 1. The van der Waals surface area contributed by atoms with Gasteiger partial charge >= 0.3 is 0 Å². The molecule has 1 aliphatic rings. The Balaban J connectivity index is 2.36. The summed E-state index contributed by atoms with van der Waals surface area (Å²) in [6.45, 7) is 12.7. The van der Waals surface area contributed by atoms with Crippen LogP contribution in [-0.2, 0) is 6.42 Å². The molecule has 0 radical (unpaired) electrons. The third kappa shape index (κ3) is 6.05. The summed E-state index contributed by atoms with van der Waals surface area (Å²) < 4.78 is 0. The summed E-state index contributed by atoms with van der Waals surface area (Å²) in [5.41, 5.74) is 10.7. The van der Waals surface area contributed by atoms with Crippen LogP contribution in [0.4, 0.5) is 0 Å². The molecule has 1 aromatic carbocycles. The normalized spacial score (nSPS) is 19.3. The highest BCUT2D eigenvalue weighted by molar-refractivity contribution is 5.56. The van der Waals surface area contributed by atoms with Crippen molar-refractivity contribution in [3.8, 4) is 0 Å². The molecular weight excluding hydrogens is 328 g/mol. The van der Waals surface area contributed by atoms with Gasteiger partial charge in [0, 0.05) is 25.0 Å². The monoisotopic (exact) mass is 368 g/mol. The summed E-state index contributed by atoms with van der Waals surface area (Å²) in [7, 11) is 2.23. The fourth-order valence-corrected chi connectivity index (χ4v) is 4.80. The first-order valence-corrected chi connectivity index (χ1v) is 10.8. The van der Waals surface area contributed by atoms with Crippen molar-refractivity contribution >= 4 is 6.08 Å². The Bertz CT molecular complexity index is 623. The number of hydrogen-bond acceptors (Lipinski definition) is 2. The molecule has 1 aromatic rings. The van der Waals surface area contributed by atoms with Crippen molar-refractivity contribution in [2.45, 2.75) is 71.3 Å². The molecule has 2 unspecified atom stereocenters. The van der Waals surface area contributed by atoms with Crippen molar-refractivity contribution in [1.29, 1.82) is 0 Å².